The summed E-state index contributed by atoms with van der Waals surface area (Å²) in [6.07, 6.45) is 4.48. The second kappa shape index (κ2) is 8.88. The van der Waals surface area contributed by atoms with Gasteiger partial charge in [0.2, 0.25) is 0 Å². The predicted molar refractivity (Wildman–Crippen MR) is 108 cm³/mol. The third-order valence-electron chi connectivity index (χ3n) is 4.68. The Labute approximate surface area is 175 Å². The third kappa shape index (κ3) is 4.34. The van der Waals surface area contributed by atoms with Gasteiger partial charge in [-0.2, -0.15) is 8.78 Å². The summed E-state index contributed by atoms with van der Waals surface area (Å²) in [6.45, 7) is 0.0761. The van der Waals surface area contributed by atoms with Gasteiger partial charge < -0.3 is 9.47 Å². The Morgan fingerprint density at radius 3 is 3.03 bits per heavy atom. The SMILES string of the molecule is Cc1nc(NC(=O)c2ccccc2OC[C@@H]2CCCO2)sc1-c1nccn1C(F)F. The number of amides is 1. The Hall–Kier alpha value is -2.85. The number of carbonyl (C=O) groups is 1. The first-order chi connectivity index (χ1) is 14.5. The van der Waals surface area contributed by atoms with Gasteiger partial charge in [-0.25, -0.2) is 9.97 Å². The molecule has 7 nitrogen and oxygen atoms in total. The van der Waals surface area contributed by atoms with Gasteiger partial charge in [-0.15, -0.1) is 0 Å². The lowest BCUT2D eigenvalue weighted by molar-refractivity contribution is 0.0673. The number of nitrogens with zero attached hydrogens (tertiary/aromatic N) is 3. The lowest BCUT2D eigenvalue weighted by Gasteiger charge is -2.14. The van der Waals surface area contributed by atoms with Crippen molar-refractivity contribution in [2.75, 3.05) is 18.5 Å². The molecule has 1 fully saturated rings. The molecule has 2 aromatic heterocycles. The zero-order valence-corrected chi connectivity index (χ0v) is 17.0. The van der Waals surface area contributed by atoms with Gasteiger partial charge in [0, 0.05) is 19.0 Å². The Kier molecular flexibility index (Phi) is 6.05. The number of halogens is 2. The van der Waals surface area contributed by atoms with Crippen LogP contribution in [0.3, 0.4) is 0 Å². The number of imidazole rings is 1. The molecule has 30 heavy (non-hydrogen) atoms. The number of rotatable bonds is 7. The molecule has 0 bridgehead atoms. The summed E-state index contributed by atoms with van der Waals surface area (Å²) in [4.78, 5) is 21.6. The minimum Gasteiger partial charge on any atom is -0.490 e. The molecule has 4 rings (SSSR count). The van der Waals surface area contributed by atoms with E-state index in [1.807, 2.05) is 0 Å². The highest BCUT2D eigenvalue weighted by Crippen LogP contribution is 2.34. The van der Waals surface area contributed by atoms with Crippen LogP contribution in [0.1, 0.15) is 35.4 Å². The van der Waals surface area contributed by atoms with Gasteiger partial charge >= 0.3 is 6.55 Å². The molecule has 1 amide bonds. The number of hydrogen-bond acceptors (Lipinski definition) is 6. The molecule has 0 unspecified atom stereocenters. The fraction of sp³-hybridized carbons (Fsp3) is 0.350. The zero-order valence-electron chi connectivity index (χ0n) is 16.2. The molecule has 158 valence electrons. The molecule has 3 aromatic rings. The van der Waals surface area contributed by atoms with Crippen molar-refractivity contribution in [1.82, 2.24) is 14.5 Å². The monoisotopic (exact) mass is 434 g/mol. The van der Waals surface area contributed by atoms with E-state index in [0.29, 0.717) is 33.6 Å². The number of aryl methyl sites for hydroxylation is 1. The molecule has 3 heterocycles. The summed E-state index contributed by atoms with van der Waals surface area (Å²) in [7, 11) is 0. The largest absolute Gasteiger partial charge is 0.490 e. The van der Waals surface area contributed by atoms with Crippen molar-refractivity contribution in [1.29, 1.82) is 0 Å². The van der Waals surface area contributed by atoms with Gasteiger partial charge in [0.25, 0.3) is 5.91 Å². The standard InChI is InChI=1S/C20H20F2N4O3S/c1-12-16(17-23-8-9-26(17)19(21)22)30-20(24-12)25-18(27)14-6-2-3-7-15(14)29-11-13-5-4-10-28-13/h2-3,6-9,13,19H,4-5,10-11H2,1H3,(H,24,25,27)/t13-/m0/s1. The van der Waals surface area contributed by atoms with Gasteiger partial charge in [-0.05, 0) is 31.9 Å². The number of nitrogens with one attached hydrogen (secondary N) is 1. The molecular formula is C20H20F2N4O3S. The second-order valence-electron chi connectivity index (χ2n) is 6.77. The maximum Gasteiger partial charge on any atom is 0.320 e. The highest BCUT2D eigenvalue weighted by Gasteiger charge is 2.21. The molecule has 0 saturated carbocycles. The number of ether oxygens (including phenoxy) is 2. The number of benzene rings is 1. The summed E-state index contributed by atoms with van der Waals surface area (Å²) in [6, 6.07) is 6.91. The summed E-state index contributed by atoms with van der Waals surface area (Å²) < 4.78 is 38.4. The second-order valence-corrected chi connectivity index (χ2v) is 7.76. The molecule has 1 N–H and O–H groups in total. The fourth-order valence-corrected chi connectivity index (χ4v) is 4.17. The Bertz CT molecular complexity index is 1030. The normalized spacial score (nSPS) is 16.2. The van der Waals surface area contributed by atoms with E-state index in [1.165, 1.54) is 12.4 Å². The van der Waals surface area contributed by atoms with E-state index in [4.69, 9.17) is 9.47 Å². The number of thiazole rings is 1. The fourth-order valence-electron chi connectivity index (χ4n) is 3.21. The van der Waals surface area contributed by atoms with Crippen molar-refractivity contribution in [3.8, 4) is 16.5 Å². The van der Waals surface area contributed by atoms with Crippen molar-refractivity contribution in [3.05, 3.63) is 47.9 Å². The summed E-state index contributed by atoms with van der Waals surface area (Å²) in [5.74, 6) is 0.170. The van der Waals surface area contributed by atoms with Crippen molar-refractivity contribution in [3.63, 3.8) is 0 Å². The summed E-state index contributed by atoms with van der Waals surface area (Å²) in [5, 5.41) is 3.03. The van der Waals surface area contributed by atoms with E-state index in [2.05, 4.69) is 15.3 Å². The minimum absolute atomic E-state index is 0.0314. The van der Waals surface area contributed by atoms with Gasteiger partial charge in [0.05, 0.1) is 22.2 Å². The first-order valence-corrected chi connectivity index (χ1v) is 10.3. The van der Waals surface area contributed by atoms with E-state index in [9.17, 15) is 13.6 Å². The highest BCUT2D eigenvalue weighted by atomic mass is 32.1. The highest BCUT2D eigenvalue weighted by molar-refractivity contribution is 7.19. The van der Waals surface area contributed by atoms with Crippen LogP contribution in [0, 0.1) is 6.92 Å². The maximum atomic E-state index is 13.2. The zero-order chi connectivity index (χ0) is 21.1. The van der Waals surface area contributed by atoms with Crippen LogP contribution in [0.4, 0.5) is 13.9 Å². The maximum absolute atomic E-state index is 13.2. The van der Waals surface area contributed by atoms with Crippen LogP contribution in [-0.4, -0.2) is 39.8 Å². The van der Waals surface area contributed by atoms with Crippen LogP contribution in [-0.2, 0) is 4.74 Å². The van der Waals surface area contributed by atoms with Crippen LogP contribution in [0.5, 0.6) is 5.75 Å². The molecule has 10 heteroatoms. The lowest BCUT2D eigenvalue weighted by atomic mass is 10.2. The van der Waals surface area contributed by atoms with Gasteiger partial charge in [-0.3, -0.25) is 14.7 Å². The van der Waals surface area contributed by atoms with Crippen LogP contribution in [0.15, 0.2) is 36.7 Å². The van der Waals surface area contributed by atoms with Crippen LogP contribution in [0.2, 0.25) is 0 Å². The molecule has 1 aliphatic heterocycles. The van der Waals surface area contributed by atoms with E-state index >= 15 is 0 Å². The molecule has 0 radical (unpaired) electrons. The summed E-state index contributed by atoms with van der Waals surface area (Å²) in [5.41, 5.74) is 0.866. The average Bonchev–Trinajstić information content (AvgIpc) is 3.47. The van der Waals surface area contributed by atoms with Gasteiger partial charge in [0.1, 0.15) is 12.4 Å². The Balaban J connectivity index is 1.50. The van der Waals surface area contributed by atoms with Crippen LogP contribution in [0.25, 0.3) is 10.7 Å². The Morgan fingerprint density at radius 2 is 2.27 bits per heavy atom. The molecule has 1 saturated heterocycles. The topological polar surface area (TPSA) is 78.3 Å². The Morgan fingerprint density at radius 1 is 1.43 bits per heavy atom. The quantitative estimate of drug-likeness (QED) is 0.592. The number of anilines is 1. The molecule has 0 spiro atoms. The van der Waals surface area contributed by atoms with E-state index in [-0.39, 0.29) is 11.9 Å². The molecule has 1 aromatic carbocycles. The summed E-state index contributed by atoms with van der Waals surface area (Å²) >= 11 is 1.09. The molecule has 1 atom stereocenters. The van der Waals surface area contributed by atoms with Crippen molar-refractivity contribution >= 4 is 22.4 Å². The van der Waals surface area contributed by atoms with E-state index in [0.717, 1.165) is 35.4 Å². The van der Waals surface area contributed by atoms with Crippen molar-refractivity contribution in [2.45, 2.75) is 32.4 Å². The van der Waals surface area contributed by atoms with Crippen molar-refractivity contribution < 1.29 is 23.0 Å². The first kappa shape index (κ1) is 20.4. The smallest absolute Gasteiger partial charge is 0.320 e. The molecule has 0 aliphatic carbocycles. The lowest BCUT2D eigenvalue weighted by Crippen LogP contribution is -2.19. The van der Waals surface area contributed by atoms with E-state index in [1.54, 1.807) is 31.2 Å². The van der Waals surface area contributed by atoms with Gasteiger partial charge in [0.15, 0.2) is 11.0 Å². The molecule has 1 aliphatic rings. The van der Waals surface area contributed by atoms with Gasteiger partial charge in [-0.1, -0.05) is 23.5 Å². The minimum atomic E-state index is -2.71. The predicted octanol–water partition coefficient (Wildman–Crippen LogP) is 4.52. The average molecular weight is 434 g/mol. The van der Waals surface area contributed by atoms with E-state index < -0.39 is 12.5 Å². The van der Waals surface area contributed by atoms with Crippen LogP contribution >= 0.6 is 11.3 Å². The van der Waals surface area contributed by atoms with Crippen LogP contribution < -0.4 is 10.1 Å². The number of alkyl halides is 2. The third-order valence-corrected chi connectivity index (χ3v) is 5.75. The number of para-hydroxylation sites is 1. The first-order valence-electron chi connectivity index (χ1n) is 9.46. The van der Waals surface area contributed by atoms with Crippen molar-refractivity contribution in [2.24, 2.45) is 0 Å². The number of carbonyl (C=O) groups excluding carboxylic acids is 1. The number of aromatic nitrogens is 3. The number of hydrogen-bond donors (Lipinski definition) is 1. The molecular weight excluding hydrogens is 414 g/mol.